The van der Waals surface area contributed by atoms with Gasteiger partial charge in [-0.2, -0.15) is 11.3 Å². The molecule has 2 aliphatic heterocycles. The summed E-state index contributed by atoms with van der Waals surface area (Å²) < 4.78 is 47.8. The quantitative estimate of drug-likeness (QED) is 0.0831. The maximum Gasteiger partial charge on any atom is 0.310 e. The van der Waals surface area contributed by atoms with Gasteiger partial charge in [-0.1, -0.05) is 11.3 Å². The van der Waals surface area contributed by atoms with Crippen LogP contribution in [-0.2, 0) is 16.1 Å². The van der Waals surface area contributed by atoms with Gasteiger partial charge in [0.15, 0.2) is 40.3 Å². The smallest absolute Gasteiger partial charge is 0.310 e. The number of ether oxygens (including phenoxy) is 8. The molecule has 0 saturated carbocycles. The Labute approximate surface area is 308 Å². The number of hydrogen-bond acceptors (Lipinski definition) is 13. The number of aromatic nitrogens is 3. The summed E-state index contributed by atoms with van der Waals surface area (Å²) in [6, 6.07) is 14.2. The van der Waals surface area contributed by atoms with Gasteiger partial charge in [0.2, 0.25) is 12.5 Å². The van der Waals surface area contributed by atoms with Gasteiger partial charge in [-0.25, -0.2) is 4.68 Å². The highest BCUT2D eigenvalue weighted by molar-refractivity contribution is 7.08. The van der Waals surface area contributed by atoms with Gasteiger partial charge in [0.05, 0.1) is 53.2 Å². The van der Waals surface area contributed by atoms with Crippen LogP contribution >= 0.6 is 11.3 Å². The summed E-state index contributed by atoms with van der Waals surface area (Å²) in [4.78, 5) is 26.5. The highest BCUT2D eigenvalue weighted by Crippen LogP contribution is 2.56. The summed E-state index contributed by atoms with van der Waals surface area (Å²) >= 11 is 1.57. The Bertz CT molecular complexity index is 2190. The van der Waals surface area contributed by atoms with Crippen LogP contribution in [0.4, 0.5) is 0 Å². The summed E-state index contributed by atoms with van der Waals surface area (Å²) in [7, 11) is 6.18. The normalized spacial score (nSPS) is 19.7. The molecule has 272 valence electrons. The van der Waals surface area contributed by atoms with E-state index in [1.54, 1.807) is 67.8 Å². The van der Waals surface area contributed by atoms with Gasteiger partial charge >= 0.3 is 5.97 Å². The summed E-state index contributed by atoms with van der Waals surface area (Å²) in [5, 5.41) is 12.9. The van der Waals surface area contributed by atoms with Gasteiger partial charge in [-0.05, 0) is 87.6 Å². The lowest BCUT2D eigenvalue weighted by atomic mass is 9.65. The minimum atomic E-state index is -0.579. The molecule has 3 aromatic carbocycles. The first kappa shape index (κ1) is 34.1. The van der Waals surface area contributed by atoms with Crippen LogP contribution in [0, 0.1) is 11.8 Å². The molecule has 8 rings (SSSR count). The van der Waals surface area contributed by atoms with Crippen LogP contribution in [0.1, 0.15) is 50.3 Å². The van der Waals surface area contributed by atoms with Crippen LogP contribution in [-0.4, -0.2) is 68.6 Å². The molecule has 0 bridgehead atoms. The van der Waals surface area contributed by atoms with Gasteiger partial charge in [0.25, 0.3) is 0 Å². The molecule has 0 radical (unpaired) electrons. The Morgan fingerprint density at radius 3 is 2.36 bits per heavy atom. The molecule has 4 atom stereocenters. The molecule has 13 nitrogen and oxygen atoms in total. The topological polar surface area (TPSA) is 139 Å². The third-order valence-corrected chi connectivity index (χ3v) is 10.5. The molecule has 4 heterocycles. The van der Waals surface area contributed by atoms with Crippen LogP contribution in [0.25, 0.3) is 6.08 Å². The van der Waals surface area contributed by atoms with Crippen molar-refractivity contribution in [2.45, 2.75) is 18.6 Å². The summed E-state index contributed by atoms with van der Waals surface area (Å²) in [6.07, 6.45) is 5.12. The number of nitrogens with zero attached hydrogens (tertiary/aromatic N) is 3. The highest BCUT2D eigenvalue weighted by Gasteiger charge is 2.53. The average Bonchev–Trinajstić information content (AvgIpc) is 4.03. The van der Waals surface area contributed by atoms with Crippen molar-refractivity contribution in [2.75, 3.05) is 41.8 Å². The molecule has 3 aliphatic rings. The average molecular weight is 738 g/mol. The van der Waals surface area contributed by atoms with Crippen LogP contribution < -0.4 is 33.2 Å². The van der Waals surface area contributed by atoms with Crippen molar-refractivity contribution in [3.63, 3.8) is 0 Å². The number of methoxy groups -OCH3 is 4. The third-order valence-electron chi connectivity index (χ3n) is 9.83. The number of allylic oxidation sites excluding steroid dienone is 1. The molecular formula is C39H35N3O10S. The zero-order chi connectivity index (χ0) is 36.6. The number of ketones is 1. The van der Waals surface area contributed by atoms with E-state index < -0.39 is 17.9 Å². The molecule has 0 N–H and O–H groups in total. The van der Waals surface area contributed by atoms with E-state index in [0.29, 0.717) is 51.5 Å². The van der Waals surface area contributed by atoms with Crippen molar-refractivity contribution < 1.29 is 47.5 Å². The van der Waals surface area contributed by atoms with Gasteiger partial charge in [0, 0.05) is 17.4 Å². The standard InChI is InChI=1S/C39H35N3O10S/c1-45-30-11-22(28(43)7-5-21-9-10-53-19-21)6-8-29(30)49-17-24-16-42(41-40-24)37-26-15-32-31(51-20-52-32)14-25(26)35(36-27(37)18-50-39(36)44)23-12-33(46-2)38(48-4)34(13-23)47-3/h5-16,19,27,35-37H,17-18,20H2,1-4H3/b7-5+/t27-,35+,36-,37+/m0/s1. The monoisotopic (exact) mass is 737 g/mol. The lowest BCUT2D eigenvalue weighted by molar-refractivity contribution is -0.141. The minimum Gasteiger partial charge on any atom is -0.493 e. The molecule has 1 aliphatic carbocycles. The number of carbonyl (C=O) groups excluding carboxylic acids is 2. The Morgan fingerprint density at radius 2 is 1.66 bits per heavy atom. The van der Waals surface area contributed by atoms with Gasteiger partial charge in [-0.15, -0.1) is 5.10 Å². The number of fused-ring (bicyclic) bond motifs is 3. The fraction of sp³-hybridized carbons (Fsp3) is 0.282. The predicted molar refractivity (Wildman–Crippen MR) is 192 cm³/mol. The summed E-state index contributed by atoms with van der Waals surface area (Å²) in [5.41, 5.74) is 4.51. The zero-order valence-electron chi connectivity index (χ0n) is 29.3. The Hall–Kier alpha value is -6.02. The van der Waals surface area contributed by atoms with Crippen molar-refractivity contribution in [1.82, 2.24) is 15.0 Å². The van der Waals surface area contributed by atoms with E-state index in [4.69, 9.17) is 37.9 Å². The molecule has 0 amide bonds. The fourth-order valence-corrected chi connectivity index (χ4v) is 8.03. The molecule has 14 heteroatoms. The second-order valence-corrected chi connectivity index (χ2v) is 13.4. The van der Waals surface area contributed by atoms with Crippen molar-refractivity contribution in [3.05, 3.63) is 105 Å². The van der Waals surface area contributed by atoms with Gasteiger partial charge in [-0.3, -0.25) is 9.59 Å². The van der Waals surface area contributed by atoms with Gasteiger partial charge < -0.3 is 37.9 Å². The fourth-order valence-electron chi connectivity index (χ4n) is 7.40. The van der Waals surface area contributed by atoms with Crippen molar-refractivity contribution in [3.8, 4) is 40.2 Å². The van der Waals surface area contributed by atoms with Crippen LogP contribution in [0.15, 0.2) is 71.6 Å². The lowest BCUT2D eigenvalue weighted by Crippen LogP contribution is -2.37. The van der Waals surface area contributed by atoms with E-state index >= 15 is 0 Å². The highest BCUT2D eigenvalue weighted by atomic mass is 32.1. The number of hydrogen-bond donors (Lipinski definition) is 0. The lowest BCUT2D eigenvalue weighted by Gasteiger charge is -2.39. The minimum absolute atomic E-state index is 0.0695. The number of esters is 1. The SMILES string of the molecule is COc1cc(C(=O)/C=C/c2ccsc2)ccc1OCc1cn([C@@H]2c3cc4c(cc3[C@@H](c3cc(OC)c(OC)c(OC)c3)[C@H]3C(=O)OC[C@@H]32)OCO4)nn1. The molecule has 5 aromatic rings. The van der Waals surface area contributed by atoms with Crippen molar-refractivity contribution in [2.24, 2.45) is 11.8 Å². The first-order valence-corrected chi connectivity index (χ1v) is 17.7. The van der Waals surface area contributed by atoms with Gasteiger partial charge in [0.1, 0.15) is 12.3 Å². The molecule has 1 saturated heterocycles. The molecule has 53 heavy (non-hydrogen) atoms. The zero-order valence-corrected chi connectivity index (χ0v) is 30.1. The van der Waals surface area contributed by atoms with E-state index in [0.717, 1.165) is 22.3 Å². The largest absolute Gasteiger partial charge is 0.493 e. The van der Waals surface area contributed by atoms with Crippen molar-refractivity contribution >= 4 is 29.2 Å². The van der Waals surface area contributed by atoms with E-state index in [2.05, 4.69) is 10.3 Å². The molecule has 0 unspecified atom stereocenters. The van der Waals surface area contributed by atoms with E-state index in [1.165, 1.54) is 13.2 Å². The number of carbonyl (C=O) groups is 2. The first-order chi connectivity index (χ1) is 25.9. The number of rotatable bonds is 12. The number of cyclic esters (lactones) is 1. The second-order valence-electron chi connectivity index (χ2n) is 12.6. The third kappa shape index (κ3) is 6.18. The van der Waals surface area contributed by atoms with E-state index in [1.807, 2.05) is 41.1 Å². The molecular weight excluding hydrogens is 703 g/mol. The summed E-state index contributed by atoms with van der Waals surface area (Å²) in [5.74, 6) is 1.62. The van der Waals surface area contributed by atoms with Crippen LogP contribution in [0.2, 0.25) is 0 Å². The van der Waals surface area contributed by atoms with Crippen LogP contribution in [0.3, 0.4) is 0 Å². The Morgan fingerprint density at radius 1 is 0.906 bits per heavy atom. The Kier molecular flexibility index (Phi) is 9.12. The maximum atomic E-state index is 13.7. The van der Waals surface area contributed by atoms with Crippen LogP contribution in [0.5, 0.6) is 40.2 Å². The number of thiophene rings is 1. The first-order valence-electron chi connectivity index (χ1n) is 16.8. The predicted octanol–water partition coefficient (Wildman–Crippen LogP) is 6.10. The van der Waals surface area contributed by atoms with E-state index in [9.17, 15) is 9.59 Å². The van der Waals surface area contributed by atoms with Crippen molar-refractivity contribution in [1.29, 1.82) is 0 Å². The maximum absolute atomic E-state index is 13.7. The Balaban J connectivity index is 1.10. The number of benzene rings is 3. The summed E-state index contributed by atoms with van der Waals surface area (Å²) in [6.45, 7) is 0.335. The molecule has 0 spiro atoms. The van der Waals surface area contributed by atoms with E-state index in [-0.39, 0.29) is 37.7 Å². The molecule has 2 aromatic heterocycles. The molecule has 1 fully saturated rings. The second kappa shape index (κ2) is 14.2.